The number of aromatic nitrogens is 2. The number of hydrogen-bond donors (Lipinski definition) is 1. The number of nitrogens with zero attached hydrogens (tertiary/aromatic N) is 2. The summed E-state index contributed by atoms with van der Waals surface area (Å²) in [4.78, 5) is 7.85. The lowest BCUT2D eigenvalue weighted by Crippen LogP contribution is -2.14. The summed E-state index contributed by atoms with van der Waals surface area (Å²) in [5.41, 5.74) is 0. The zero-order valence-corrected chi connectivity index (χ0v) is 8.46. The fraction of sp³-hybridized carbons (Fsp3) is 0.556. The van der Waals surface area contributed by atoms with E-state index in [9.17, 15) is 0 Å². The molecule has 0 radical (unpaired) electrons. The molecular formula is C9H14ClN3. The van der Waals surface area contributed by atoms with Crippen LogP contribution in [0.25, 0.3) is 0 Å². The summed E-state index contributed by atoms with van der Waals surface area (Å²) in [5.74, 6) is 0.830. The summed E-state index contributed by atoms with van der Waals surface area (Å²) in [7, 11) is 0. The highest BCUT2D eigenvalue weighted by molar-refractivity contribution is 6.20. The van der Waals surface area contributed by atoms with Crippen molar-refractivity contribution in [3.8, 4) is 0 Å². The van der Waals surface area contributed by atoms with Crippen molar-refractivity contribution in [2.24, 2.45) is 0 Å². The van der Waals surface area contributed by atoms with Crippen LogP contribution < -0.4 is 5.32 Å². The number of nitrogens with one attached hydrogen (secondary N) is 1. The number of halogens is 1. The van der Waals surface area contributed by atoms with Crippen LogP contribution in [-0.4, -0.2) is 21.9 Å². The van der Waals surface area contributed by atoms with Crippen LogP contribution in [0.5, 0.6) is 0 Å². The summed E-state index contributed by atoms with van der Waals surface area (Å²) >= 11 is 6.02. The van der Waals surface area contributed by atoms with E-state index in [2.05, 4.69) is 22.2 Å². The molecule has 13 heavy (non-hydrogen) atoms. The van der Waals surface area contributed by atoms with Gasteiger partial charge in [-0.1, -0.05) is 13.3 Å². The third-order valence-corrected chi connectivity index (χ3v) is 2.06. The van der Waals surface area contributed by atoms with Crippen LogP contribution in [0, 0.1) is 0 Å². The van der Waals surface area contributed by atoms with Gasteiger partial charge in [-0.15, -0.1) is 11.6 Å². The maximum Gasteiger partial charge on any atom is 0.129 e. The Kier molecular flexibility index (Phi) is 4.54. The first kappa shape index (κ1) is 10.3. The van der Waals surface area contributed by atoms with E-state index < -0.39 is 0 Å². The Morgan fingerprint density at radius 3 is 3.08 bits per heavy atom. The average molecular weight is 200 g/mol. The van der Waals surface area contributed by atoms with Gasteiger partial charge in [-0.2, -0.15) is 0 Å². The Bertz CT molecular complexity index is 228. The molecule has 1 atom stereocenters. The zero-order valence-electron chi connectivity index (χ0n) is 7.70. The Morgan fingerprint density at radius 1 is 1.62 bits per heavy atom. The van der Waals surface area contributed by atoms with E-state index in [1.807, 2.05) is 6.07 Å². The summed E-state index contributed by atoms with van der Waals surface area (Å²) in [6.07, 6.45) is 5.36. The van der Waals surface area contributed by atoms with E-state index in [0.29, 0.717) is 0 Å². The summed E-state index contributed by atoms with van der Waals surface area (Å²) in [5, 5.41) is 3.33. The molecule has 0 aliphatic heterocycles. The fourth-order valence-electron chi connectivity index (χ4n) is 1.03. The van der Waals surface area contributed by atoms with E-state index in [1.165, 1.54) is 6.33 Å². The molecule has 4 heteroatoms. The monoisotopic (exact) mass is 199 g/mol. The molecular weight excluding hydrogens is 186 g/mol. The second kappa shape index (κ2) is 5.75. The topological polar surface area (TPSA) is 37.8 Å². The molecule has 1 rings (SSSR count). The minimum absolute atomic E-state index is 0.181. The van der Waals surface area contributed by atoms with Gasteiger partial charge in [-0.3, -0.25) is 0 Å². The number of anilines is 1. The molecule has 0 aliphatic carbocycles. The summed E-state index contributed by atoms with van der Waals surface area (Å²) in [6, 6.07) is 1.83. The Labute approximate surface area is 83.5 Å². The summed E-state index contributed by atoms with van der Waals surface area (Å²) in [6.45, 7) is 2.88. The molecule has 0 bridgehead atoms. The Hall–Kier alpha value is -0.830. The molecule has 0 fully saturated rings. The normalized spacial score (nSPS) is 12.5. The molecule has 1 aromatic heterocycles. The minimum Gasteiger partial charge on any atom is -0.368 e. The molecule has 0 spiro atoms. The van der Waals surface area contributed by atoms with Gasteiger partial charge in [0.25, 0.3) is 0 Å². The molecule has 0 saturated carbocycles. The second-order valence-corrected chi connectivity index (χ2v) is 3.48. The Balaban J connectivity index is 2.27. The second-order valence-electron chi connectivity index (χ2n) is 2.86. The third kappa shape index (κ3) is 4.08. The molecule has 1 aromatic rings. The van der Waals surface area contributed by atoms with Crippen molar-refractivity contribution in [2.45, 2.75) is 25.1 Å². The molecule has 1 heterocycles. The van der Waals surface area contributed by atoms with Crippen molar-refractivity contribution < 1.29 is 0 Å². The van der Waals surface area contributed by atoms with E-state index in [1.54, 1.807) is 6.20 Å². The van der Waals surface area contributed by atoms with Crippen molar-refractivity contribution in [1.82, 2.24) is 9.97 Å². The first-order chi connectivity index (χ1) is 6.33. The van der Waals surface area contributed by atoms with Gasteiger partial charge < -0.3 is 5.32 Å². The third-order valence-electron chi connectivity index (χ3n) is 1.69. The number of alkyl halides is 1. The zero-order chi connectivity index (χ0) is 9.52. The van der Waals surface area contributed by atoms with Crippen LogP contribution in [0.3, 0.4) is 0 Å². The molecule has 0 aromatic carbocycles. The largest absolute Gasteiger partial charge is 0.368 e. The van der Waals surface area contributed by atoms with Crippen LogP contribution in [0.1, 0.15) is 19.8 Å². The maximum absolute atomic E-state index is 6.02. The quantitative estimate of drug-likeness (QED) is 0.740. The van der Waals surface area contributed by atoms with Gasteiger partial charge in [-0.05, 0) is 12.5 Å². The van der Waals surface area contributed by atoms with Crippen LogP contribution in [0.2, 0.25) is 0 Å². The fourth-order valence-corrected chi connectivity index (χ4v) is 1.32. The van der Waals surface area contributed by atoms with Crippen LogP contribution >= 0.6 is 11.6 Å². The molecule has 0 aliphatic rings. The molecule has 1 N–H and O–H groups in total. The van der Waals surface area contributed by atoms with E-state index in [4.69, 9.17) is 11.6 Å². The van der Waals surface area contributed by atoms with Crippen molar-refractivity contribution in [1.29, 1.82) is 0 Å². The maximum atomic E-state index is 6.02. The SMILES string of the molecule is CCCC(Cl)CNc1ccncn1. The minimum atomic E-state index is 0.181. The smallest absolute Gasteiger partial charge is 0.129 e. The average Bonchev–Trinajstić information content (AvgIpc) is 2.17. The van der Waals surface area contributed by atoms with Gasteiger partial charge in [0.05, 0.1) is 5.38 Å². The molecule has 72 valence electrons. The van der Waals surface area contributed by atoms with E-state index >= 15 is 0 Å². The van der Waals surface area contributed by atoms with Gasteiger partial charge in [0.1, 0.15) is 12.1 Å². The molecule has 1 unspecified atom stereocenters. The van der Waals surface area contributed by atoms with Crippen molar-refractivity contribution in [3.05, 3.63) is 18.6 Å². The van der Waals surface area contributed by atoms with Gasteiger partial charge in [-0.25, -0.2) is 9.97 Å². The first-order valence-corrected chi connectivity index (χ1v) is 4.90. The van der Waals surface area contributed by atoms with Crippen LogP contribution in [-0.2, 0) is 0 Å². The van der Waals surface area contributed by atoms with Gasteiger partial charge in [0, 0.05) is 12.7 Å². The van der Waals surface area contributed by atoms with Crippen molar-refractivity contribution in [3.63, 3.8) is 0 Å². The van der Waals surface area contributed by atoms with Crippen molar-refractivity contribution >= 4 is 17.4 Å². The number of hydrogen-bond acceptors (Lipinski definition) is 3. The summed E-state index contributed by atoms with van der Waals surface area (Å²) < 4.78 is 0. The predicted molar refractivity (Wildman–Crippen MR) is 55.1 cm³/mol. The highest BCUT2D eigenvalue weighted by atomic mass is 35.5. The first-order valence-electron chi connectivity index (χ1n) is 4.47. The highest BCUT2D eigenvalue weighted by Crippen LogP contribution is 2.06. The lowest BCUT2D eigenvalue weighted by molar-refractivity contribution is 0.750. The lowest BCUT2D eigenvalue weighted by Gasteiger charge is -2.09. The molecule has 0 amide bonds. The van der Waals surface area contributed by atoms with E-state index in [-0.39, 0.29) is 5.38 Å². The molecule has 3 nitrogen and oxygen atoms in total. The highest BCUT2D eigenvalue weighted by Gasteiger charge is 2.02. The van der Waals surface area contributed by atoms with Gasteiger partial charge in [0.15, 0.2) is 0 Å². The standard InChI is InChI=1S/C9H14ClN3/c1-2-3-8(10)6-12-9-4-5-11-7-13-9/h4-5,7-8H,2-3,6H2,1H3,(H,11,12,13). The predicted octanol–water partition coefficient (Wildman–Crippen LogP) is 2.30. The van der Waals surface area contributed by atoms with Crippen LogP contribution in [0.15, 0.2) is 18.6 Å². The lowest BCUT2D eigenvalue weighted by atomic mass is 10.2. The van der Waals surface area contributed by atoms with Crippen molar-refractivity contribution in [2.75, 3.05) is 11.9 Å². The van der Waals surface area contributed by atoms with Gasteiger partial charge in [0.2, 0.25) is 0 Å². The van der Waals surface area contributed by atoms with Gasteiger partial charge >= 0.3 is 0 Å². The Morgan fingerprint density at radius 2 is 2.46 bits per heavy atom. The van der Waals surface area contributed by atoms with Crippen LogP contribution in [0.4, 0.5) is 5.82 Å². The number of rotatable bonds is 5. The van der Waals surface area contributed by atoms with E-state index in [0.717, 1.165) is 25.2 Å². The molecule has 0 saturated heterocycles.